The monoisotopic (exact) mass is 279 g/mol. The van der Waals surface area contributed by atoms with Crippen LogP contribution in [0.2, 0.25) is 0 Å². The fourth-order valence-electron chi connectivity index (χ4n) is 2.31. The Morgan fingerprint density at radius 1 is 1.42 bits per heavy atom. The molecule has 2 rings (SSSR count). The number of carbonyl (C=O) groups is 1. The molecule has 1 aromatic rings. The van der Waals surface area contributed by atoms with Crippen molar-refractivity contribution in [1.29, 1.82) is 5.26 Å². The van der Waals surface area contributed by atoms with Gasteiger partial charge in [0.25, 0.3) is 5.91 Å². The average Bonchev–Trinajstić information content (AvgIpc) is 2.46. The number of likely N-dealkylation sites (tertiary alicyclic amines) is 1. The highest BCUT2D eigenvalue weighted by molar-refractivity contribution is 5.94. The lowest BCUT2D eigenvalue weighted by molar-refractivity contribution is 0.0678. The van der Waals surface area contributed by atoms with Gasteiger partial charge in [-0.2, -0.15) is 5.26 Å². The van der Waals surface area contributed by atoms with E-state index in [1.165, 1.54) is 0 Å². The van der Waals surface area contributed by atoms with Gasteiger partial charge in [0.2, 0.25) is 0 Å². The van der Waals surface area contributed by atoms with Gasteiger partial charge in [0.1, 0.15) is 0 Å². The fourth-order valence-corrected chi connectivity index (χ4v) is 2.31. The molecule has 1 unspecified atom stereocenters. The summed E-state index contributed by atoms with van der Waals surface area (Å²) in [7, 11) is 0. The van der Waals surface area contributed by atoms with Crippen molar-refractivity contribution in [1.82, 2.24) is 4.90 Å². The Balaban J connectivity index is 0.00000180. The second kappa shape index (κ2) is 7.13. The lowest BCUT2D eigenvalue weighted by Gasteiger charge is -2.32. The molecule has 1 aliphatic heterocycles. The Morgan fingerprint density at radius 2 is 2.11 bits per heavy atom. The number of nitrogens with zero attached hydrogens (tertiary/aromatic N) is 2. The van der Waals surface area contributed by atoms with Crippen LogP contribution in [0, 0.1) is 17.2 Å². The van der Waals surface area contributed by atoms with Crippen molar-refractivity contribution >= 4 is 18.3 Å². The molecule has 4 nitrogen and oxygen atoms in total. The van der Waals surface area contributed by atoms with E-state index in [0.29, 0.717) is 23.6 Å². The third-order valence-electron chi connectivity index (χ3n) is 3.40. The predicted molar refractivity (Wildman–Crippen MR) is 76.1 cm³/mol. The number of benzene rings is 1. The first-order chi connectivity index (χ1) is 8.74. The molecule has 0 aromatic heterocycles. The molecule has 102 valence electrons. The van der Waals surface area contributed by atoms with Crippen LogP contribution < -0.4 is 5.73 Å². The summed E-state index contributed by atoms with van der Waals surface area (Å²) in [5.74, 6) is 0.457. The average molecular weight is 280 g/mol. The number of amides is 1. The lowest BCUT2D eigenvalue weighted by Crippen LogP contribution is -2.42. The fraction of sp³-hybridized carbons (Fsp3) is 0.429. The van der Waals surface area contributed by atoms with Gasteiger partial charge in [0.05, 0.1) is 11.6 Å². The largest absolute Gasteiger partial charge is 0.338 e. The summed E-state index contributed by atoms with van der Waals surface area (Å²) in [5, 5.41) is 8.72. The van der Waals surface area contributed by atoms with Crippen LogP contribution >= 0.6 is 12.4 Å². The van der Waals surface area contributed by atoms with Crippen molar-refractivity contribution in [3.05, 3.63) is 35.4 Å². The minimum atomic E-state index is 0. The summed E-state index contributed by atoms with van der Waals surface area (Å²) in [6, 6.07) is 8.83. The zero-order chi connectivity index (χ0) is 13.0. The minimum absolute atomic E-state index is 0. The second-order valence-electron chi connectivity index (χ2n) is 4.68. The number of piperidine rings is 1. The summed E-state index contributed by atoms with van der Waals surface area (Å²) < 4.78 is 0. The zero-order valence-corrected chi connectivity index (χ0v) is 11.5. The molecule has 0 spiro atoms. The van der Waals surface area contributed by atoms with Crippen LogP contribution in [0.3, 0.4) is 0 Å². The highest BCUT2D eigenvalue weighted by Gasteiger charge is 2.23. The van der Waals surface area contributed by atoms with Crippen molar-refractivity contribution < 1.29 is 4.79 Å². The van der Waals surface area contributed by atoms with E-state index in [1.807, 2.05) is 11.0 Å². The van der Waals surface area contributed by atoms with Crippen LogP contribution in [0.1, 0.15) is 28.8 Å². The normalized spacial score (nSPS) is 18.3. The van der Waals surface area contributed by atoms with Gasteiger partial charge in [-0.25, -0.2) is 0 Å². The van der Waals surface area contributed by atoms with Gasteiger partial charge in [0.15, 0.2) is 0 Å². The van der Waals surface area contributed by atoms with Crippen LogP contribution in [0.15, 0.2) is 24.3 Å². The molecule has 5 heteroatoms. The maximum Gasteiger partial charge on any atom is 0.253 e. The van der Waals surface area contributed by atoms with Gasteiger partial charge in [-0.05, 0) is 49.6 Å². The molecule has 2 N–H and O–H groups in total. The number of rotatable bonds is 2. The molecular formula is C14H18ClN3O. The maximum absolute atomic E-state index is 12.3. The molecule has 1 aliphatic rings. The molecule has 1 amide bonds. The molecule has 0 bridgehead atoms. The van der Waals surface area contributed by atoms with Crippen LogP contribution in [0.5, 0.6) is 0 Å². The summed E-state index contributed by atoms with van der Waals surface area (Å²) in [6.07, 6.45) is 2.12. The Kier molecular flexibility index (Phi) is 5.81. The molecule has 1 atom stereocenters. The summed E-state index contributed by atoms with van der Waals surface area (Å²) in [6.45, 7) is 2.18. The van der Waals surface area contributed by atoms with Crippen molar-refractivity contribution in [2.24, 2.45) is 11.7 Å². The Morgan fingerprint density at radius 3 is 2.68 bits per heavy atom. The quantitative estimate of drug-likeness (QED) is 0.897. The molecule has 19 heavy (non-hydrogen) atoms. The molecule has 0 saturated carbocycles. The number of hydrogen-bond donors (Lipinski definition) is 1. The van der Waals surface area contributed by atoms with E-state index < -0.39 is 0 Å². The van der Waals surface area contributed by atoms with Gasteiger partial charge in [-0.15, -0.1) is 12.4 Å². The highest BCUT2D eigenvalue weighted by Crippen LogP contribution is 2.17. The van der Waals surface area contributed by atoms with E-state index in [4.69, 9.17) is 11.0 Å². The van der Waals surface area contributed by atoms with Crippen molar-refractivity contribution in [3.63, 3.8) is 0 Å². The second-order valence-corrected chi connectivity index (χ2v) is 4.68. The number of hydrogen-bond acceptors (Lipinski definition) is 3. The SMILES string of the molecule is Cl.N#Cc1ccc(C(=O)N2CCCC(CN)C2)cc1. The van der Waals surface area contributed by atoms with Gasteiger partial charge in [0, 0.05) is 18.7 Å². The molecule has 1 aromatic carbocycles. The van der Waals surface area contributed by atoms with E-state index in [0.717, 1.165) is 25.9 Å². The first-order valence-corrected chi connectivity index (χ1v) is 6.24. The topological polar surface area (TPSA) is 70.1 Å². The Bertz CT molecular complexity index is 467. The summed E-state index contributed by atoms with van der Waals surface area (Å²) in [5.41, 5.74) is 6.89. The molecule has 1 saturated heterocycles. The third kappa shape index (κ3) is 3.69. The van der Waals surface area contributed by atoms with E-state index in [-0.39, 0.29) is 18.3 Å². The first kappa shape index (κ1) is 15.5. The summed E-state index contributed by atoms with van der Waals surface area (Å²) >= 11 is 0. The molecule has 1 heterocycles. The molecular weight excluding hydrogens is 262 g/mol. The number of nitriles is 1. The van der Waals surface area contributed by atoms with E-state index in [9.17, 15) is 4.79 Å². The minimum Gasteiger partial charge on any atom is -0.338 e. The summed E-state index contributed by atoms with van der Waals surface area (Å²) in [4.78, 5) is 14.1. The van der Waals surface area contributed by atoms with Gasteiger partial charge in [-0.3, -0.25) is 4.79 Å². The molecule has 1 fully saturated rings. The van der Waals surface area contributed by atoms with Gasteiger partial charge < -0.3 is 10.6 Å². The predicted octanol–water partition coefficient (Wildman–Crippen LogP) is 1.79. The van der Waals surface area contributed by atoms with E-state index in [1.54, 1.807) is 24.3 Å². The zero-order valence-electron chi connectivity index (χ0n) is 10.7. The van der Waals surface area contributed by atoms with Crippen molar-refractivity contribution in [2.45, 2.75) is 12.8 Å². The number of nitrogens with two attached hydrogens (primary N) is 1. The maximum atomic E-state index is 12.3. The van der Waals surface area contributed by atoms with Gasteiger partial charge in [-0.1, -0.05) is 0 Å². The Hall–Kier alpha value is -1.57. The number of halogens is 1. The lowest BCUT2D eigenvalue weighted by atomic mass is 9.97. The molecule has 0 aliphatic carbocycles. The standard InChI is InChI=1S/C14H17N3O.ClH/c15-8-11-3-5-13(6-4-11)14(18)17-7-1-2-12(9-16)10-17;/h3-6,12H,1-2,7,9-10,16H2;1H. The van der Waals surface area contributed by atoms with E-state index in [2.05, 4.69) is 0 Å². The van der Waals surface area contributed by atoms with Crippen LogP contribution in [-0.2, 0) is 0 Å². The molecule has 0 radical (unpaired) electrons. The van der Waals surface area contributed by atoms with Crippen molar-refractivity contribution in [2.75, 3.05) is 19.6 Å². The van der Waals surface area contributed by atoms with Crippen LogP contribution in [0.4, 0.5) is 0 Å². The van der Waals surface area contributed by atoms with Crippen LogP contribution in [-0.4, -0.2) is 30.4 Å². The smallest absolute Gasteiger partial charge is 0.253 e. The van der Waals surface area contributed by atoms with Crippen molar-refractivity contribution in [3.8, 4) is 6.07 Å². The first-order valence-electron chi connectivity index (χ1n) is 6.24. The third-order valence-corrected chi connectivity index (χ3v) is 3.40. The highest BCUT2D eigenvalue weighted by atomic mass is 35.5. The van der Waals surface area contributed by atoms with Gasteiger partial charge >= 0.3 is 0 Å². The Labute approximate surface area is 119 Å². The van der Waals surface area contributed by atoms with Crippen LogP contribution in [0.25, 0.3) is 0 Å². The number of carbonyl (C=O) groups excluding carboxylic acids is 1. The van der Waals surface area contributed by atoms with E-state index >= 15 is 0 Å².